The number of hydrogen-bond donors (Lipinski definition) is 1. The average molecular weight is 233 g/mol. The molecule has 0 atom stereocenters. The van der Waals surface area contributed by atoms with Crippen LogP contribution in [0.1, 0.15) is 53.0 Å². The van der Waals surface area contributed by atoms with Crippen molar-refractivity contribution >= 4 is 18.1 Å². The zero-order valence-corrected chi connectivity index (χ0v) is 10.1. The highest BCUT2D eigenvalue weighted by Gasteiger charge is 2.15. The van der Waals surface area contributed by atoms with Crippen molar-refractivity contribution in [3.05, 3.63) is 34.9 Å². The Kier molecular flexibility index (Phi) is 4.15. The predicted octanol–water partition coefficient (Wildman–Crippen LogP) is 1.90. The molecule has 0 unspecified atom stereocenters. The van der Waals surface area contributed by atoms with Crippen molar-refractivity contribution in [2.75, 3.05) is 0 Å². The summed E-state index contributed by atoms with van der Waals surface area (Å²) in [5, 5.41) is 2.05. The molecule has 1 rings (SSSR count). The van der Waals surface area contributed by atoms with E-state index in [4.69, 9.17) is 0 Å². The summed E-state index contributed by atoms with van der Waals surface area (Å²) in [6.07, 6.45) is 0.314. The Morgan fingerprint density at radius 1 is 1.24 bits per heavy atom. The quantitative estimate of drug-likeness (QED) is 0.638. The third kappa shape index (κ3) is 3.00. The maximum atomic E-state index is 11.7. The molecular weight excluding hydrogens is 218 g/mol. The van der Waals surface area contributed by atoms with Crippen molar-refractivity contribution in [1.29, 1.82) is 0 Å². The van der Waals surface area contributed by atoms with E-state index in [2.05, 4.69) is 5.32 Å². The van der Waals surface area contributed by atoms with Gasteiger partial charge in [-0.1, -0.05) is 26.0 Å². The van der Waals surface area contributed by atoms with Crippen molar-refractivity contribution in [3.8, 4) is 0 Å². The van der Waals surface area contributed by atoms with Gasteiger partial charge < -0.3 is 0 Å². The summed E-state index contributed by atoms with van der Waals surface area (Å²) >= 11 is 0. The lowest BCUT2D eigenvalue weighted by Crippen LogP contribution is -2.23. The van der Waals surface area contributed by atoms with Crippen LogP contribution in [0.15, 0.2) is 18.2 Å². The van der Waals surface area contributed by atoms with Crippen molar-refractivity contribution in [1.82, 2.24) is 5.32 Å². The van der Waals surface area contributed by atoms with E-state index in [0.717, 1.165) is 5.56 Å². The minimum atomic E-state index is -0.548. The van der Waals surface area contributed by atoms with Crippen molar-refractivity contribution in [3.63, 3.8) is 0 Å². The molecule has 0 radical (unpaired) electrons. The highest BCUT2D eigenvalue weighted by atomic mass is 16.2. The molecule has 4 heteroatoms. The van der Waals surface area contributed by atoms with E-state index in [-0.39, 0.29) is 17.3 Å². The monoisotopic (exact) mass is 233 g/mol. The second kappa shape index (κ2) is 5.39. The lowest BCUT2D eigenvalue weighted by Gasteiger charge is -2.10. The summed E-state index contributed by atoms with van der Waals surface area (Å²) in [5.74, 6) is -0.497. The molecule has 1 aromatic carbocycles. The van der Waals surface area contributed by atoms with E-state index in [9.17, 15) is 14.4 Å². The molecule has 4 nitrogen and oxygen atoms in total. The van der Waals surface area contributed by atoms with Gasteiger partial charge >= 0.3 is 0 Å². The first-order chi connectivity index (χ1) is 7.97. The number of benzene rings is 1. The number of hydrogen-bond acceptors (Lipinski definition) is 3. The second-order valence-electron chi connectivity index (χ2n) is 4.11. The van der Waals surface area contributed by atoms with Crippen LogP contribution in [0.25, 0.3) is 0 Å². The molecule has 0 heterocycles. The second-order valence-corrected chi connectivity index (χ2v) is 4.11. The summed E-state index contributed by atoms with van der Waals surface area (Å²) in [6, 6.07) is 5.09. The zero-order valence-electron chi connectivity index (χ0n) is 10.1. The maximum absolute atomic E-state index is 11.7. The summed E-state index contributed by atoms with van der Waals surface area (Å²) < 4.78 is 0. The van der Waals surface area contributed by atoms with E-state index >= 15 is 0 Å². The van der Waals surface area contributed by atoms with E-state index in [1.807, 2.05) is 19.9 Å². The summed E-state index contributed by atoms with van der Waals surface area (Å²) in [5.41, 5.74) is 1.52. The number of rotatable bonds is 4. The minimum absolute atomic E-state index is 0.198. The van der Waals surface area contributed by atoms with Crippen LogP contribution < -0.4 is 5.32 Å². The van der Waals surface area contributed by atoms with Crippen LogP contribution in [0, 0.1) is 0 Å². The molecule has 1 N–H and O–H groups in total. The smallest absolute Gasteiger partial charge is 0.258 e. The van der Waals surface area contributed by atoms with Gasteiger partial charge in [-0.05, 0) is 24.5 Å². The molecule has 0 saturated heterocycles. The summed E-state index contributed by atoms with van der Waals surface area (Å²) in [6.45, 7) is 5.37. The van der Waals surface area contributed by atoms with E-state index in [0.29, 0.717) is 12.0 Å². The Bertz CT molecular complexity index is 464. The SMILES string of the molecule is CC(=O)c1ccc(C(C)C)cc1C(=O)NC=O. The van der Waals surface area contributed by atoms with Crippen LogP contribution >= 0.6 is 0 Å². The molecule has 0 fully saturated rings. The molecule has 90 valence electrons. The van der Waals surface area contributed by atoms with Gasteiger partial charge in [-0.25, -0.2) is 0 Å². The van der Waals surface area contributed by atoms with Gasteiger partial charge in [0.15, 0.2) is 5.78 Å². The predicted molar refractivity (Wildman–Crippen MR) is 64.1 cm³/mol. The first-order valence-corrected chi connectivity index (χ1v) is 5.36. The number of amides is 2. The van der Waals surface area contributed by atoms with Gasteiger partial charge in [-0.15, -0.1) is 0 Å². The van der Waals surface area contributed by atoms with Crippen LogP contribution in [0.4, 0.5) is 0 Å². The van der Waals surface area contributed by atoms with Crippen LogP contribution in [-0.4, -0.2) is 18.1 Å². The van der Waals surface area contributed by atoms with Crippen LogP contribution in [0.5, 0.6) is 0 Å². The number of Topliss-reactive ketones (excluding diaryl/α,β-unsaturated/α-hetero) is 1. The molecular formula is C13H15NO3. The zero-order chi connectivity index (χ0) is 13.0. The molecule has 0 bridgehead atoms. The Morgan fingerprint density at radius 3 is 2.35 bits per heavy atom. The van der Waals surface area contributed by atoms with Gasteiger partial charge in [0.25, 0.3) is 5.91 Å². The maximum Gasteiger partial charge on any atom is 0.258 e. The normalized spacial score (nSPS) is 10.1. The molecule has 0 aliphatic heterocycles. The average Bonchev–Trinajstić information content (AvgIpc) is 2.28. The Morgan fingerprint density at radius 2 is 1.88 bits per heavy atom. The summed E-state index contributed by atoms with van der Waals surface area (Å²) in [7, 11) is 0. The van der Waals surface area contributed by atoms with Gasteiger partial charge in [0, 0.05) is 5.56 Å². The standard InChI is InChI=1S/C13H15NO3/c1-8(2)10-4-5-11(9(3)16)12(6-10)13(17)14-7-15/h4-8H,1-3H3,(H,14,15,17). The van der Waals surface area contributed by atoms with Crippen molar-refractivity contribution in [2.45, 2.75) is 26.7 Å². The van der Waals surface area contributed by atoms with Crippen LogP contribution in [0.2, 0.25) is 0 Å². The fourth-order valence-corrected chi connectivity index (χ4v) is 1.55. The fourth-order valence-electron chi connectivity index (χ4n) is 1.55. The number of carbonyl (C=O) groups is 3. The summed E-state index contributed by atoms with van der Waals surface area (Å²) in [4.78, 5) is 33.3. The van der Waals surface area contributed by atoms with Gasteiger partial charge in [-0.2, -0.15) is 0 Å². The van der Waals surface area contributed by atoms with E-state index in [1.165, 1.54) is 6.92 Å². The topological polar surface area (TPSA) is 63.2 Å². The molecule has 0 aliphatic rings. The van der Waals surface area contributed by atoms with E-state index in [1.54, 1.807) is 12.1 Å². The highest BCUT2D eigenvalue weighted by molar-refractivity contribution is 6.09. The van der Waals surface area contributed by atoms with Crippen LogP contribution in [0.3, 0.4) is 0 Å². The number of imide groups is 1. The van der Waals surface area contributed by atoms with Gasteiger partial charge in [-0.3, -0.25) is 19.7 Å². The molecule has 1 aromatic rings. The van der Waals surface area contributed by atoms with Gasteiger partial charge in [0.05, 0.1) is 5.56 Å². The molecule has 0 spiro atoms. The van der Waals surface area contributed by atoms with Crippen LogP contribution in [-0.2, 0) is 4.79 Å². The largest absolute Gasteiger partial charge is 0.295 e. The van der Waals surface area contributed by atoms with Crippen molar-refractivity contribution in [2.24, 2.45) is 0 Å². The molecule has 0 aliphatic carbocycles. The number of ketones is 1. The molecule has 2 amide bonds. The van der Waals surface area contributed by atoms with E-state index < -0.39 is 5.91 Å². The third-order valence-electron chi connectivity index (χ3n) is 2.52. The third-order valence-corrected chi connectivity index (χ3v) is 2.52. The van der Waals surface area contributed by atoms with Gasteiger partial charge in [0.2, 0.25) is 6.41 Å². The Labute approximate surface area is 100 Å². The highest BCUT2D eigenvalue weighted by Crippen LogP contribution is 2.19. The Balaban J connectivity index is 3.29. The Hall–Kier alpha value is -1.97. The first-order valence-electron chi connectivity index (χ1n) is 5.36. The lowest BCUT2D eigenvalue weighted by atomic mass is 9.95. The first kappa shape index (κ1) is 13.1. The van der Waals surface area contributed by atoms with Crippen molar-refractivity contribution < 1.29 is 14.4 Å². The van der Waals surface area contributed by atoms with Gasteiger partial charge in [0.1, 0.15) is 0 Å². The molecule has 0 saturated carbocycles. The lowest BCUT2D eigenvalue weighted by molar-refractivity contribution is -0.108. The molecule has 17 heavy (non-hydrogen) atoms. The minimum Gasteiger partial charge on any atom is -0.295 e. The number of carbonyl (C=O) groups excluding carboxylic acids is 3. The fraction of sp³-hybridized carbons (Fsp3) is 0.308. The molecule has 0 aromatic heterocycles. The number of nitrogens with one attached hydrogen (secondary N) is 1.